The van der Waals surface area contributed by atoms with E-state index in [-0.39, 0.29) is 12.3 Å². The average molecular weight is 175 g/mol. The SMILES string of the molecule is CC(C)CC(=O)NC(O)C(=O)O. The van der Waals surface area contributed by atoms with Gasteiger partial charge in [0.1, 0.15) is 0 Å². The van der Waals surface area contributed by atoms with Crippen LogP contribution < -0.4 is 5.32 Å². The molecule has 5 heteroatoms. The molecule has 0 saturated carbocycles. The first-order chi connectivity index (χ1) is 5.43. The Labute approximate surface area is 70.4 Å². The zero-order valence-corrected chi connectivity index (χ0v) is 7.07. The second kappa shape index (κ2) is 4.71. The van der Waals surface area contributed by atoms with Gasteiger partial charge in [-0.1, -0.05) is 13.8 Å². The highest BCUT2D eigenvalue weighted by Gasteiger charge is 2.15. The van der Waals surface area contributed by atoms with Gasteiger partial charge in [0.15, 0.2) is 0 Å². The van der Waals surface area contributed by atoms with Crippen LogP contribution in [0.5, 0.6) is 0 Å². The monoisotopic (exact) mass is 175 g/mol. The second-order valence-electron chi connectivity index (χ2n) is 2.91. The van der Waals surface area contributed by atoms with Crippen LogP contribution in [0.3, 0.4) is 0 Å². The number of carboxylic acid groups (broad SMARTS) is 1. The van der Waals surface area contributed by atoms with Gasteiger partial charge in [0, 0.05) is 6.42 Å². The first kappa shape index (κ1) is 10.9. The molecule has 0 saturated heterocycles. The lowest BCUT2D eigenvalue weighted by Crippen LogP contribution is -2.40. The van der Waals surface area contributed by atoms with Crippen molar-refractivity contribution in [3.05, 3.63) is 0 Å². The number of hydrogen-bond acceptors (Lipinski definition) is 3. The van der Waals surface area contributed by atoms with E-state index in [0.717, 1.165) is 0 Å². The molecule has 1 amide bonds. The van der Waals surface area contributed by atoms with Gasteiger partial charge >= 0.3 is 5.97 Å². The Hall–Kier alpha value is -1.10. The van der Waals surface area contributed by atoms with Crippen molar-refractivity contribution < 1.29 is 19.8 Å². The smallest absolute Gasteiger partial charge is 0.353 e. The summed E-state index contributed by atoms with van der Waals surface area (Å²) in [5.74, 6) is -1.77. The third kappa shape index (κ3) is 4.68. The third-order valence-electron chi connectivity index (χ3n) is 1.13. The second-order valence-corrected chi connectivity index (χ2v) is 2.91. The normalized spacial score (nSPS) is 12.7. The van der Waals surface area contributed by atoms with E-state index < -0.39 is 18.1 Å². The topological polar surface area (TPSA) is 86.6 Å². The summed E-state index contributed by atoms with van der Waals surface area (Å²) >= 11 is 0. The number of carboxylic acids is 1. The van der Waals surface area contributed by atoms with E-state index in [1.807, 2.05) is 19.2 Å². The Morgan fingerprint density at radius 3 is 2.25 bits per heavy atom. The van der Waals surface area contributed by atoms with Crippen molar-refractivity contribution in [2.75, 3.05) is 0 Å². The van der Waals surface area contributed by atoms with Crippen LogP contribution in [0.2, 0.25) is 0 Å². The summed E-state index contributed by atoms with van der Waals surface area (Å²) in [6.07, 6.45) is -1.58. The van der Waals surface area contributed by atoms with Crippen LogP contribution in [-0.2, 0) is 9.59 Å². The van der Waals surface area contributed by atoms with Gasteiger partial charge in [-0.3, -0.25) is 4.79 Å². The fraction of sp³-hybridized carbons (Fsp3) is 0.714. The van der Waals surface area contributed by atoms with Crippen molar-refractivity contribution in [1.82, 2.24) is 5.32 Å². The van der Waals surface area contributed by atoms with Crippen molar-refractivity contribution in [3.63, 3.8) is 0 Å². The molecule has 0 aliphatic rings. The molecule has 0 bridgehead atoms. The fourth-order valence-corrected chi connectivity index (χ4v) is 0.644. The van der Waals surface area contributed by atoms with E-state index in [2.05, 4.69) is 0 Å². The Morgan fingerprint density at radius 1 is 1.42 bits per heavy atom. The number of hydrogen-bond donors (Lipinski definition) is 3. The number of amides is 1. The van der Waals surface area contributed by atoms with Crippen molar-refractivity contribution in [1.29, 1.82) is 0 Å². The molecule has 3 N–H and O–H groups in total. The van der Waals surface area contributed by atoms with Gasteiger partial charge in [-0.15, -0.1) is 0 Å². The molecule has 0 heterocycles. The lowest BCUT2D eigenvalue weighted by Gasteiger charge is -2.09. The fourth-order valence-electron chi connectivity index (χ4n) is 0.644. The van der Waals surface area contributed by atoms with Crippen LogP contribution in [0.25, 0.3) is 0 Å². The lowest BCUT2D eigenvalue weighted by atomic mass is 10.1. The molecule has 0 aromatic heterocycles. The molecule has 5 nitrogen and oxygen atoms in total. The predicted molar refractivity (Wildman–Crippen MR) is 41.2 cm³/mol. The van der Waals surface area contributed by atoms with E-state index in [1.54, 1.807) is 0 Å². The van der Waals surface area contributed by atoms with Gasteiger partial charge in [0.05, 0.1) is 0 Å². The minimum absolute atomic E-state index is 0.144. The summed E-state index contributed by atoms with van der Waals surface area (Å²) < 4.78 is 0. The van der Waals surface area contributed by atoms with Crippen LogP contribution in [0, 0.1) is 5.92 Å². The minimum atomic E-state index is -1.80. The average Bonchev–Trinajstić information content (AvgIpc) is 1.84. The summed E-state index contributed by atoms with van der Waals surface area (Å²) in [7, 11) is 0. The maximum atomic E-state index is 10.8. The third-order valence-corrected chi connectivity index (χ3v) is 1.13. The number of carbonyl (C=O) groups excluding carboxylic acids is 1. The largest absolute Gasteiger partial charge is 0.478 e. The highest BCUT2D eigenvalue weighted by Crippen LogP contribution is 1.98. The zero-order chi connectivity index (χ0) is 9.72. The maximum absolute atomic E-state index is 10.8. The maximum Gasteiger partial charge on any atom is 0.353 e. The van der Waals surface area contributed by atoms with Gasteiger partial charge in [-0.05, 0) is 5.92 Å². The molecule has 12 heavy (non-hydrogen) atoms. The molecular formula is C7H13NO4. The van der Waals surface area contributed by atoms with Gasteiger partial charge in [-0.2, -0.15) is 0 Å². The van der Waals surface area contributed by atoms with E-state index in [1.165, 1.54) is 0 Å². The summed E-state index contributed by atoms with van der Waals surface area (Å²) in [6, 6.07) is 0. The van der Waals surface area contributed by atoms with Crippen molar-refractivity contribution in [2.24, 2.45) is 5.92 Å². The van der Waals surface area contributed by atoms with Crippen LogP contribution in [0.15, 0.2) is 0 Å². The summed E-state index contributed by atoms with van der Waals surface area (Å²) in [5, 5.41) is 18.8. The minimum Gasteiger partial charge on any atom is -0.478 e. The molecule has 0 rings (SSSR count). The number of nitrogens with one attached hydrogen (secondary N) is 1. The summed E-state index contributed by atoms with van der Waals surface area (Å²) in [4.78, 5) is 20.9. The number of carbonyl (C=O) groups is 2. The van der Waals surface area contributed by atoms with Crippen molar-refractivity contribution >= 4 is 11.9 Å². The first-order valence-electron chi connectivity index (χ1n) is 3.63. The van der Waals surface area contributed by atoms with Gasteiger partial charge in [-0.25, -0.2) is 4.79 Å². The summed E-state index contributed by atoms with van der Waals surface area (Å²) in [6.45, 7) is 3.65. The van der Waals surface area contributed by atoms with Crippen LogP contribution >= 0.6 is 0 Å². The zero-order valence-electron chi connectivity index (χ0n) is 7.07. The quantitative estimate of drug-likeness (QED) is 0.505. The highest BCUT2D eigenvalue weighted by atomic mass is 16.4. The van der Waals surface area contributed by atoms with Crippen molar-refractivity contribution in [2.45, 2.75) is 26.5 Å². The highest BCUT2D eigenvalue weighted by molar-refractivity contribution is 5.82. The molecule has 0 aliphatic carbocycles. The van der Waals surface area contributed by atoms with E-state index in [0.29, 0.717) is 0 Å². The molecule has 0 spiro atoms. The molecular weight excluding hydrogens is 162 g/mol. The van der Waals surface area contributed by atoms with Crippen LogP contribution in [-0.4, -0.2) is 28.3 Å². The standard InChI is InChI=1S/C7H13NO4/c1-4(2)3-5(9)8-6(10)7(11)12/h4,6,10H,3H2,1-2H3,(H,8,9)(H,11,12). The Bertz CT molecular complexity index is 178. The molecule has 1 unspecified atom stereocenters. The van der Waals surface area contributed by atoms with Crippen LogP contribution in [0.1, 0.15) is 20.3 Å². The molecule has 70 valence electrons. The number of aliphatic hydroxyl groups is 1. The Morgan fingerprint density at radius 2 is 1.92 bits per heavy atom. The number of aliphatic hydroxyl groups excluding tert-OH is 1. The predicted octanol–water partition coefficient (Wildman–Crippen LogP) is -0.448. The lowest BCUT2D eigenvalue weighted by molar-refractivity contribution is -0.151. The van der Waals surface area contributed by atoms with Crippen LogP contribution in [0.4, 0.5) is 0 Å². The summed E-state index contributed by atoms with van der Waals surface area (Å²) in [5.41, 5.74) is 0. The molecule has 0 aliphatic heterocycles. The molecule has 0 aromatic carbocycles. The van der Waals surface area contributed by atoms with E-state index >= 15 is 0 Å². The Kier molecular flexibility index (Phi) is 4.28. The van der Waals surface area contributed by atoms with E-state index in [4.69, 9.17) is 10.2 Å². The number of aliphatic carboxylic acids is 1. The van der Waals surface area contributed by atoms with Gasteiger partial charge in [0.2, 0.25) is 12.1 Å². The molecule has 1 atom stereocenters. The first-order valence-corrected chi connectivity index (χ1v) is 3.63. The molecule has 0 aromatic rings. The van der Waals surface area contributed by atoms with Gasteiger partial charge in [0.25, 0.3) is 0 Å². The van der Waals surface area contributed by atoms with Crippen molar-refractivity contribution in [3.8, 4) is 0 Å². The molecule has 0 radical (unpaired) electrons. The Balaban J connectivity index is 3.77. The van der Waals surface area contributed by atoms with E-state index in [9.17, 15) is 9.59 Å². The van der Waals surface area contributed by atoms with Gasteiger partial charge < -0.3 is 15.5 Å². The number of rotatable bonds is 4. The molecule has 0 fully saturated rings.